The average Bonchev–Trinajstić information content (AvgIpc) is 2.68. The van der Waals surface area contributed by atoms with E-state index in [-0.39, 0.29) is 12.1 Å². The summed E-state index contributed by atoms with van der Waals surface area (Å²) in [6, 6.07) is 9.06. The summed E-state index contributed by atoms with van der Waals surface area (Å²) in [7, 11) is 0. The molecule has 2 amide bonds. The van der Waals surface area contributed by atoms with Gasteiger partial charge in [0.05, 0.1) is 5.56 Å². The fourth-order valence-electron chi connectivity index (χ4n) is 3.03. The van der Waals surface area contributed by atoms with Crippen LogP contribution >= 0.6 is 0 Å². The number of rotatable bonds is 3. The number of aromatic nitrogens is 1. The van der Waals surface area contributed by atoms with Crippen molar-refractivity contribution in [1.82, 2.24) is 10.3 Å². The number of carbonyl (C=O) groups excluding carboxylic acids is 1. The summed E-state index contributed by atoms with van der Waals surface area (Å²) < 4.78 is 37.9. The Morgan fingerprint density at radius 1 is 1.21 bits per heavy atom. The lowest BCUT2D eigenvalue weighted by atomic mass is 10.1. The van der Waals surface area contributed by atoms with E-state index in [0.717, 1.165) is 12.3 Å². The average molecular weight is 388 g/mol. The molecule has 146 valence electrons. The maximum absolute atomic E-state index is 12.6. The van der Waals surface area contributed by atoms with E-state index < -0.39 is 11.7 Å². The van der Waals surface area contributed by atoms with Crippen LogP contribution < -0.4 is 15.5 Å². The number of pyridine rings is 1. The largest absolute Gasteiger partial charge is 0.417 e. The summed E-state index contributed by atoms with van der Waals surface area (Å²) in [5.41, 5.74) is 0.521. The summed E-state index contributed by atoms with van der Waals surface area (Å²) >= 11 is 0. The van der Waals surface area contributed by atoms with Crippen molar-refractivity contribution in [3.8, 4) is 12.3 Å². The van der Waals surface area contributed by atoms with Gasteiger partial charge < -0.3 is 15.5 Å². The Kier molecular flexibility index (Phi) is 5.73. The van der Waals surface area contributed by atoms with Crippen LogP contribution in [0.3, 0.4) is 0 Å². The van der Waals surface area contributed by atoms with E-state index in [9.17, 15) is 18.0 Å². The Balaban J connectivity index is 1.50. The van der Waals surface area contributed by atoms with Crippen LogP contribution in [0.4, 0.5) is 29.5 Å². The van der Waals surface area contributed by atoms with E-state index in [1.165, 1.54) is 6.07 Å². The molecule has 3 rings (SSSR count). The fourth-order valence-corrected chi connectivity index (χ4v) is 3.03. The second-order valence-electron chi connectivity index (χ2n) is 6.49. The van der Waals surface area contributed by atoms with Gasteiger partial charge >= 0.3 is 12.2 Å². The molecule has 0 spiro atoms. The van der Waals surface area contributed by atoms with Gasteiger partial charge in [0.2, 0.25) is 0 Å². The molecule has 2 N–H and O–H groups in total. The number of nitrogens with one attached hydrogen (secondary N) is 2. The molecule has 1 aliphatic heterocycles. The summed E-state index contributed by atoms with van der Waals surface area (Å²) in [5, 5.41) is 5.66. The Hall–Kier alpha value is -3.21. The predicted molar refractivity (Wildman–Crippen MR) is 101 cm³/mol. The molecule has 0 atom stereocenters. The van der Waals surface area contributed by atoms with Crippen LogP contribution in [0.15, 0.2) is 42.6 Å². The first-order valence-electron chi connectivity index (χ1n) is 8.77. The molecule has 1 saturated heterocycles. The highest BCUT2D eigenvalue weighted by Gasteiger charge is 2.31. The highest BCUT2D eigenvalue weighted by Crippen LogP contribution is 2.29. The molecule has 2 heterocycles. The third-order valence-electron chi connectivity index (χ3n) is 4.52. The molecule has 1 aromatic carbocycles. The number of anilines is 2. The maximum Gasteiger partial charge on any atom is 0.417 e. The van der Waals surface area contributed by atoms with Crippen molar-refractivity contribution < 1.29 is 18.0 Å². The zero-order chi connectivity index (χ0) is 20.1. The summed E-state index contributed by atoms with van der Waals surface area (Å²) in [6.45, 7) is 1.19. The van der Waals surface area contributed by atoms with Gasteiger partial charge in [0.15, 0.2) is 0 Å². The number of carbonyl (C=O) groups is 1. The van der Waals surface area contributed by atoms with Crippen molar-refractivity contribution in [1.29, 1.82) is 0 Å². The highest BCUT2D eigenvalue weighted by molar-refractivity contribution is 5.89. The summed E-state index contributed by atoms with van der Waals surface area (Å²) in [5.74, 6) is 3.01. The molecule has 1 aliphatic rings. The van der Waals surface area contributed by atoms with Crippen LogP contribution in [0, 0.1) is 12.3 Å². The predicted octanol–water partition coefficient (Wildman–Crippen LogP) is 3.87. The summed E-state index contributed by atoms with van der Waals surface area (Å²) in [4.78, 5) is 18.0. The normalized spacial score (nSPS) is 15.0. The number of benzene rings is 1. The molecule has 0 saturated carbocycles. The van der Waals surface area contributed by atoms with Crippen LogP contribution in [0.2, 0.25) is 0 Å². The first-order chi connectivity index (χ1) is 13.3. The van der Waals surface area contributed by atoms with Crippen LogP contribution in [0.1, 0.15) is 24.0 Å². The topological polar surface area (TPSA) is 57.3 Å². The lowest BCUT2D eigenvalue weighted by molar-refractivity contribution is -0.137. The first-order valence-corrected chi connectivity index (χ1v) is 8.77. The number of terminal acetylenes is 1. The Bertz CT molecular complexity index is 866. The number of piperidine rings is 1. The van der Waals surface area contributed by atoms with E-state index >= 15 is 0 Å². The van der Waals surface area contributed by atoms with E-state index in [4.69, 9.17) is 6.42 Å². The van der Waals surface area contributed by atoms with Crippen LogP contribution in [-0.4, -0.2) is 30.1 Å². The quantitative estimate of drug-likeness (QED) is 0.785. The minimum absolute atomic E-state index is 0.0264. The summed E-state index contributed by atoms with van der Waals surface area (Å²) in [6.07, 6.45) is 3.13. The first kappa shape index (κ1) is 19.5. The highest BCUT2D eigenvalue weighted by atomic mass is 19.4. The molecule has 8 heteroatoms. The SMILES string of the molecule is C#Cc1cccc(NC(=O)NC2CCN(c3ccc(C(F)(F)F)cn3)CC2)c1. The number of amides is 2. The molecular weight excluding hydrogens is 369 g/mol. The zero-order valence-corrected chi connectivity index (χ0v) is 15.0. The third kappa shape index (κ3) is 4.94. The molecule has 5 nitrogen and oxygen atoms in total. The number of halogens is 3. The van der Waals surface area contributed by atoms with Gasteiger partial charge in [0, 0.05) is 36.6 Å². The van der Waals surface area contributed by atoms with Crippen LogP contribution in [0.5, 0.6) is 0 Å². The zero-order valence-electron chi connectivity index (χ0n) is 15.0. The third-order valence-corrected chi connectivity index (χ3v) is 4.52. The number of hydrogen-bond acceptors (Lipinski definition) is 3. The van der Waals surface area contributed by atoms with Gasteiger partial charge in [-0.3, -0.25) is 0 Å². The lowest BCUT2D eigenvalue weighted by Gasteiger charge is -2.33. The van der Waals surface area contributed by atoms with E-state index in [1.54, 1.807) is 24.3 Å². The smallest absolute Gasteiger partial charge is 0.356 e. The molecular formula is C20H19F3N4O. The molecule has 1 aromatic heterocycles. The molecule has 1 fully saturated rings. The lowest BCUT2D eigenvalue weighted by Crippen LogP contribution is -2.46. The van der Waals surface area contributed by atoms with Gasteiger partial charge in [-0.05, 0) is 43.2 Å². The minimum Gasteiger partial charge on any atom is -0.356 e. The van der Waals surface area contributed by atoms with Crippen LogP contribution in [-0.2, 0) is 6.18 Å². The van der Waals surface area contributed by atoms with Crippen LogP contribution in [0.25, 0.3) is 0 Å². The van der Waals surface area contributed by atoms with E-state index in [0.29, 0.717) is 43.0 Å². The van der Waals surface area contributed by atoms with Gasteiger partial charge in [-0.25, -0.2) is 9.78 Å². The van der Waals surface area contributed by atoms with Gasteiger partial charge in [-0.1, -0.05) is 12.0 Å². The number of alkyl halides is 3. The van der Waals surface area contributed by atoms with Crippen molar-refractivity contribution in [3.05, 3.63) is 53.7 Å². The van der Waals surface area contributed by atoms with Crippen molar-refractivity contribution in [3.63, 3.8) is 0 Å². The minimum atomic E-state index is -4.39. The van der Waals surface area contributed by atoms with Crippen molar-refractivity contribution in [2.24, 2.45) is 0 Å². The van der Waals surface area contributed by atoms with Crippen molar-refractivity contribution in [2.75, 3.05) is 23.3 Å². The Morgan fingerprint density at radius 2 is 1.96 bits per heavy atom. The Labute approximate surface area is 161 Å². The Morgan fingerprint density at radius 3 is 2.57 bits per heavy atom. The molecule has 0 unspecified atom stereocenters. The molecule has 0 radical (unpaired) electrons. The van der Waals surface area contributed by atoms with Gasteiger partial charge in [-0.2, -0.15) is 13.2 Å². The number of hydrogen-bond donors (Lipinski definition) is 2. The molecule has 0 bridgehead atoms. The fraction of sp³-hybridized carbons (Fsp3) is 0.300. The molecule has 0 aliphatic carbocycles. The van der Waals surface area contributed by atoms with Gasteiger partial charge in [0.25, 0.3) is 0 Å². The van der Waals surface area contributed by atoms with Crippen molar-refractivity contribution in [2.45, 2.75) is 25.1 Å². The van der Waals surface area contributed by atoms with Gasteiger partial charge in [-0.15, -0.1) is 6.42 Å². The van der Waals surface area contributed by atoms with Gasteiger partial charge in [0.1, 0.15) is 5.82 Å². The number of nitrogens with zero attached hydrogens (tertiary/aromatic N) is 2. The molecule has 28 heavy (non-hydrogen) atoms. The number of urea groups is 1. The maximum atomic E-state index is 12.6. The second-order valence-corrected chi connectivity index (χ2v) is 6.49. The van der Waals surface area contributed by atoms with E-state index in [1.807, 2.05) is 4.90 Å². The monoisotopic (exact) mass is 388 g/mol. The second kappa shape index (κ2) is 8.21. The standard InChI is InChI=1S/C20H19F3N4O/c1-2-14-4-3-5-17(12-14)26-19(28)25-16-8-10-27(11-9-16)18-7-6-15(13-24-18)20(21,22)23/h1,3-7,12-13,16H,8-11H2,(H2,25,26,28). The molecule has 2 aromatic rings. The van der Waals surface area contributed by atoms with E-state index in [2.05, 4.69) is 21.5 Å². The van der Waals surface area contributed by atoms with Crippen molar-refractivity contribution >= 4 is 17.5 Å².